The molecule has 0 aromatic heterocycles. The third-order valence-corrected chi connectivity index (χ3v) is 1.65. The summed E-state index contributed by atoms with van der Waals surface area (Å²) in [6.45, 7) is 0. The zero-order chi connectivity index (χ0) is 9.68. The van der Waals surface area contributed by atoms with Crippen molar-refractivity contribution < 1.29 is 0 Å². The molecule has 0 fully saturated rings. The maximum absolute atomic E-state index is 7.71. The Bertz CT molecular complexity index is 314. The molecular formula is C10H13N3. The van der Waals surface area contributed by atoms with Crippen molar-refractivity contribution in [2.24, 2.45) is 5.73 Å². The lowest BCUT2D eigenvalue weighted by atomic mass is 10.1. The summed E-state index contributed by atoms with van der Waals surface area (Å²) in [5, 5.41) is 10.5. The molecule has 0 aliphatic heterocycles. The molecule has 1 rings (SSSR count). The van der Waals surface area contributed by atoms with Crippen LogP contribution in [-0.2, 0) is 0 Å². The summed E-state index contributed by atoms with van der Waals surface area (Å²) < 4.78 is 0. The van der Waals surface area contributed by atoms with Crippen molar-refractivity contribution in [2.75, 3.05) is 7.05 Å². The van der Waals surface area contributed by atoms with E-state index in [0.717, 1.165) is 5.56 Å². The molecule has 3 nitrogen and oxygen atoms in total. The van der Waals surface area contributed by atoms with Gasteiger partial charge in [-0.25, -0.2) is 0 Å². The smallest absolute Gasteiger partial charge is 0.0856 e. The van der Waals surface area contributed by atoms with Crippen molar-refractivity contribution in [3.63, 3.8) is 0 Å². The SMILES string of the molecule is CN/C=C(/N)C(=N)c1ccccc1. The van der Waals surface area contributed by atoms with Gasteiger partial charge in [-0.1, -0.05) is 30.3 Å². The first-order chi connectivity index (χ1) is 6.25. The lowest BCUT2D eigenvalue weighted by Crippen LogP contribution is -2.14. The van der Waals surface area contributed by atoms with E-state index >= 15 is 0 Å². The molecule has 0 heterocycles. The molecule has 0 spiro atoms. The quantitative estimate of drug-likeness (QED) is 0.602. The maximum atomic E-state index is 7.71. The van der Waals surface area contributed by atoms with Gasteiger partial charge in [-0.05, 0) is 0 Å². The second-order valence-corrected chi connectivity index (χ2v) is 2.63. The van der Waals surface area contributed by atoms with E-state index in [9.17, 15) is 0 Å². The summed E-state index contributed by atoms with van der Waals surface area (Å²) in [7, 11) is 1.76. The first kappa shape index (κ1) is 9.32. The first-order valence-electron chi connectivity index (χ1n) is 4.03. The Morgan fingerprint density at radius 3 is 2.54 bits per heavy atom. The van der Waals surface area contributed by atoms with Gasteiger partial charge in [0.1, 0.15) is 0 Å². The Morgan fingerprint density at radius 2 is 2.00 bits per heavy atom. The van der Waals surface area contributed by atoms with E-state index in [-0.39, 0.29) is 0 Å². The fraction of sp³-hybridized carbons (Fsp3) is 0.100. The van der Waals surface area contributed by atoms with Crippen molar-refractivity contribution in [1.82, 2.24) is 5.32 Å². The second-order valence-electron chi connectivity index (χ2n) is 2.63. The van der Waals surface area contributed by atoms with Crippen molar-refractivity contribution in [2.45, 2.75) is 0 Å². The van der Waals surface area contributed by atoms with Crippen LogP contribution in [0.2, 0.25) is 0 Å². The highest BCUT2D eigenvalue weighted by Crippen LogP contribution is 2.03. The van der Waals surface area contributed by atoms with Crippen LogP contribution in [0, 0.1) is 5.41 Å². The van der Waals surface area contributed by atoms with Crippen LogP contribution in [0.3, 0.4) is 0 Å². The Morgan fingerprint density at radius 1 is 1.38 bits per heavy atom. The van der Waals surface area contributed by atoms with Gasteiger partial charge in [0.25, 0.3) is 0 Å². The first-order valence-corrected chi connectivity index (χ1v) is 4.03. The molecule has 13 heavy (non-hydrogen) atoms. The third kappa shape index (κ3) is 2.33. The summed E-state index contributed by atoms with van der Waals surface area (Å²) in [4.78, 5) is 0. The largest absolute Gasteiger partial charge is 0.396 e. The minimum Gasteiger partial charge on any atom is -0.396 e. The molecule has 0 saturated carbocycles. The van der Waals surface area contributed by atoms with Crippen LogP contribution < -0.4 is 11.1 Å². The number of benzene rings is 1. The van der Waals surface area contributed by atoms with E-state index in [2.05, 4.69) is 5.32 Å². The standard InChI is InChI=1S/C10H13N3/c1-13-7-9(11)10(12)8-5-3-2-4-6-8/h2-7,12-13H,11H2,1H3/b9-7+,12-10?. The molecular weight excluding hydrogens is 162 g/mol. The predicted octanol–water partition coefficient (Wildman–Crippen LogP) is 1.07. The molecule has 0 unspecified atom stereocenters. The van der Waals surface area contributed by atoms with E-state index in [4.69, 9.17) is 11.1 Å². The van der Waals surface area contributed by atoms with Gasteiger partial charge in [0.15, 0.2) is 0 Å². The van der Waals surface area contributed by atoms with Crippen LogP contribution in [-0.4, -0.2) is 12.8 Å². The predicted molar refractivity (Wildman–Crippen MR) is 54.6 cm³/mol. The van der Waals surface area contributed by atoms with Crippen molar-refractivity contribution in [1.29, 1.82) is 5.41 Å². The molecule has 0 radical (unpaired) electrons. The molecule has 0 aliphatic carbocycles. The Hall–Kier alpha value is -1.77. The van der Waals surface area contributed by atoms with E-state index in [1.807, 2.05) is 30.3 Å². The maximum Gasteiger partial charge on any atom is 0.0856 e. The number of nitrogens with one attached hydrogen (secondary N) is 2. The van der Waals surface area contributed by atoms with Crippen LogP contribution in [0.5, 0.6) is 0 Å². The number of hydrogen-bond donors (Lipinski definition) is 3. The Labute approximate surface area is 77.8 Å². The highest BCUT2D eigenvalue weighted by molar-refractivity contribution is 6.09. The fourth-order valence-electron chi connectivity index (χ4n) is 0.999. The lowest BCUT2D eigenvalue weighted by molar-refractivity contribution is 1.08. The summed E-state index contributed by atoms with van der Waals surface area (Å²) in [6, 6.07) is 9.40. The number of allylic oxidation sites excluding steroid dienone is 1. The van der Waals surface area contributed by atoms with Gasteiger partial charge >= 0.3 is 0 Å². The van der Waals surface area contributed by atoms with Gasteiger partial charge < -0.3 is 11.1 Å². The van der Waals surface area contributed by atoms with E-state index in [1.54, 1.807) is 13.2 Å². The minimum atomic E-state index is 0.343. The molecule has 0 saturated heterocycles. The van der Waals surface area contributed by atoms with E-state index < -0.39 is 0 Å². The van der Waals surface area contributed by atoms with Crippen LogP contribution in [0.15, 0.2) is 42.2 Å². The number of rotatable bonds is 3. The highest BCUT2D eigenvalue weighted by atomic mass is 14.8. The van der Waals surface area contributed by atoms with Gasteiger partial charge in [0.05, 0.1) is 11.4 Å². The molecule has 68 valence electrons. The summed E-state index contributed by atoms with van der Waals surface area (Å²) in [5.74, 6) is 0. The van der Waals surface area contributed by atoms with Gasteiger partial charge in [-0.2, -0.15) is 0 Å². The molecule has 0 bridgehead atoms. The van der Waals surface area contributed by atoms with Crippen molar-refractivity contribution in [3.8, 4) is 0 Å². The minimum absolute atomic E-state index is 0.343. The van der Waals surface area contributed by atoms with Gasteiger partial charge in [-0.3, -0.25) is 5.41 Å². The van der Waals surface area contributed by atoms with Crippen LogP contribution in [0.25, 0.3) is 0 Å². The Kier molecular flexibility index (Phi) is 3.09. The topological polar surface area (TPSA) is 61.9 Å². The van der Waals surface area contributed by atoms with Crippen molar-refractivity contribution >= 4 is 5.71 Å². The molecule has 0 aliphatic rings. The molecule has 1 aromatic carbocycles. The number of hydrogen-bond acceptors (Lipinski definition) is 3. The average Bonchev–Trinajstić information content (AvgIpc) is 2.18. The lowest BCUT2D eigenvalue weighted by Gasteiger charge is -2.03. The third-order valence-electron chi connectivity index (χ3n) is 1.65. The van der Waals surface area contributed by atoms with E-state index in [1.165, 1.54) is 0 Å². The summed E-state index contributed by atoms with van der Waals surface area (Å²) in [5.41, 5.74) is 7.24. The molecule has 0 atom stereocenters. The molecule has 3 heteroatoms. The summed E-state index contributed by atoms with van der Waals surface area (Å²) >= 11 is 0. The highest BCUT2D eigenvalue weighted by Gasteiger charge is 2.01. The normalized spacial score (nSPS) is 11.0. The molecule has 0 amide bonds. The van der Waals surface area contributed by atoms with Crippen LogP contribution >= 0.6 is 0 Å². The average molecular weight is 175 g/mol. The molecule has 1 aromatic rings. The van der Waals surface area contributed by atoms with Crippen molar-refractivity contribution in [3.05, 3.63) is 47.8 Å². The van der Waals surface area contributed by atoms with Crippen LogP contribution in [0.1, 0.15) is 5.56 Å². The van der Waals surface area contributed by atoms with Gasteiger partial charge in [0, 0.05) is 18.8 Å². The second kappa shape index (κ2) is 4.30. The molecule has 4 N–H and O–H groups in total. The number of nitrogens with two attached hydrogens (primary N) is 1. The zero-order valence-electron chi connectivity index (χ0n) is 7.54. The van der Waals surface area contributed by atoms with E-state index in [0.29, 0.717) is 11.4 Å². The van der Waals surface area contributed by atoms with Gasteiger partial charge in [0.2, 0.25) is 0 Å². The van der Waals surface area contributed by atoms with Crippen LogP contribution in [0.4, 0.5) is 0 Å². The monoisotopic (exact) mass is 175 g/mol. The fourth-order valence-corrected chi connectivity index (χ4v) is 0.999. The Balaban J connectivity index is 2.86. The summed E-state index contributed by atoms with van der Waals surface area (Å²) in [6.07, 6.45) is 1.61. The zero-order valence-corrected chi connectivity index (χ0v) is 7.54. The van der Waals surface area contributed by atoms with Gasteiger partial charge in [-0.15, -0.1) is 0 Å².